The highest BCUT2D eigenvalue weighted by atomic mass is 79.9. The molecule has 0 saturated heterocycles. The van der Waals surface area contributed by atoms with Crippen LogP contribution in [0.5, 0.6) is 0 Å². The van der Waals surface area contributed by atoms with Gasteiger partial charge in [-0.1, -0.05) is 61.6 Å². The van der Waals surface area contributed by atoms with Gasteiger partial charge in [0.1, 0.15) is 24.4 Å². The standard InChI is InChI=1S/C26H44BrN3O5Si/c1-18(2)22(29-25(33)35-26(4,5)6)23(31)28-19(3)24(32)30(17-34-14-15-36(7,8)9)21-12-10-20(16-27)11-13-21/h10-13,18-19,22H,14-17H2,1-9H3,(H,28,31)(H,29,33)/t19-,22-/m1/s1. The molecule has 8 nitrogen and oxygen atoms in total. The molecule has 1 aromatic rings. The van der Waals surface area contributed by atoms with Crippen molar-refractivity contribution in [1.82, 2.24) is 10.6 Å². The van der Waals surface area contributed by atoms with Crippen molar-refractivity contribution < 1.29 is 23.9 Å². The highest BCUT2D eigenvalue weighted by Gasteiger charge is 2.30. The summed E-state index contributed by atoms with van der Waals surface area (Å²) in [7, 11) is -1.28. The van der Waals surface area contributed by atoms with Crippen molar-refractivity contribution in [3.63, 3.8) is 0 Å². The lowest BCUT2D eigenvalue weighted by Gasteiger charge is -2.29. The van der Waals surface area contributed by atoms with E-state index in [1.165, 1.54) is 0 Å². The number of nitrogens with zero attached hydrogens (tertiary/aromatic N) is 1. The Bertz CT molecular complexity index is 866. The van der Waals surface area contributed by atoms with E-state index in [1.807, 2.05) is 38.1 Å². The summed E-state index contributed by atoms with van der Waals surface area (Å²) in [6, 6.07) is 6.91. The molecule has 0 unspecified atom stereocenters. The van der Waals surface area contributed by atoms with Crippen LogP contribution in [0.4, 0.5) is 10.5 Å². The van der Waals surface area contributed by atoms with Crippen molar-refractivity contribution in [3.8, 4) is 0 Å². The Morgan fingerprint density at radius 1 is 1.03 bits per heavy atom. The maximum absolute atomic E-state index is 13.4. The van der Waals surface area contributed by atoms with E-state index >= 15 is 0 Å². The molecule has 0 saturated carbocycles. The van der Waals surface area contributed by atoms with Gasteiger partial charge in [0.15, 0.2) is 0 Å². The molecular weight excluding hydrogens is 542 g/mol. The topological polar surface area (TPSA) is 97.0 Å². The van der Waals surface area contributed by atoms with Gasteiger partial charge in [-0.05, 0) is 57.4 Å². The SMILES string of the molecule is CC(C)[C@@H](NC(=O)OC(C)(C)C)C(=O)N[C@H](C)C(=O)N(COCC[Si](C)(C)C)c1ccc(CBr)cc1. The molecule has 204 valence electrons. The zero-order valence-electron chi connectivity index (χ0n) is 23.2. The number of halogens is 1. The number of nitrogens with one attached hydrogen (secondary N) is 2. The molecule has 0 bridgehead atoms. The van der Waals surface area contributed by atoms with E-state index in [1.54, 1.807) is 32.6 Å². The molecule has 0 aliphatic rings. The predicted molar refractivity (Wildman–Crippen MR) is 151 cm³/mol. The maximum atomic E-state index is 13.4. The number of alkyl halides is 1. The van der Waals surface area contributed by atoms with Crippen molar-refractivity contribution >= 4 is 47.6 Å². The smallest absolute Gasteiger partial charge is 0.408 e. The normalized spacial score (nSPS) is 13.6. The van der Waals surface area contributed by atoms with Gasteiger partial charge in [-0.3, -0.25) is 14.5 Å². The molecule has 0 aromatic heterocycles. The fraction of sp³-hybridized carbons (Fsp3) is 0.654. The zero-order valence-corrected chi connectivity index (χ0v) is 25.8. The third-order valence-corrected chi connectivity index (χ3v) is 7.59. The van der Waals surface area contributed by atoms with Crippen LogP contribution in [0.25, 0.3) is 0 Å². The molecule has 1 aromatic carbocycles. The lowest BCUT2D eigenvalue weighted by atomic mass is 10.0. The Balaban J connectivity index is 2.97. The number of carbonyl (C=O) groups is 3. The van der Waals surface area contributed by atoms with Gasteiger partial charge in [-0.2, -0.15) is 0 Å². The first-order chi connectivity index (χ1) is 16.5. The number of alkyl carbamates (subject to hydrolysis) is 1. The van der Waals surface area contributed by atoms with Crippen LogP contribution in [0, 0.1) is 5.92 Å². The van der Waals surface area contributed by atoms with E-state index in [9.17, 15) is 14.4 Å². The number of hydrogen-bond acceptors (Lipinski definition) is 5. The molecule has 0 aliphatic carbocycles. The van der Waals surface area contributed by atoms with E-state index < -0.39 is 37.8 Å². The molecule has 0 fully saturated rings. The molecule has 2 N–H and O–H groups in total. The first-order valence-corrected chi connectivity index (χ1v) is 17.2. The third kappa shape index (κ3) is 11.9. The molecule has 0 spiro atoms. The fourth-order valence-electron chi connectivity index (χ4n) is 3.13. The molecule has 2 atom stereocenters. The second kappa shape index (κ2) is 14.1. The Morgan fingerprint density at radius 3 is 2.08 bits per heavy atom. The van der Waals surface area contributed by atoms with Crippen molar-refractivity contribution in [2.24, 2.45) is 5.92 Å². The summed E-state index contributed by atoms with van der Waals surface area (Å²) in [5.74, 6) is -0.966. The summed E-state index contributed by atoms with van der Waals surface area (Å²) in [5, 5.41) is 6.09. The van der Waals surface area contributed by atoms with Gasteiger partial charge in [0.05, 0.1) is 0 Å². The second-order valence-corrected chi connectivity index (χ2v) is 17.7. The predicted octanol–water partition coefficient (Wildman–Crippen LogP) is 5.28. The summed E-state index contributed by atoms with van der Waals surface area (Å²) in [6.07, 6.45) is -0.681. The van der Waals surface area contributed by atoms with E-state index in [2.05, 4.69) is 46.2 Å². The van der Waals surface area contributed by atoms with Crippen molar-refractivity contribution in [2.45, 2.75) is 90.2 Å². The summed E-state index contributed by atoms with van der Waals surface area (Å²) in [4.78, 5) is 40.3. The molecule has 36 heavy (non-hydrogen) atoms. The highest BCUT2D eigenvalue weighted by molar-refractivity contribution is 9.08. The molecule has 10 heteroatoms. The van der Waals surface area contributed by atoms with Crippen molar-refractivity contribution in [2.75, 3.05) is 18.2 Å². The van der Waals surface area contributed by atoms with Crippen LogP contribution in [0.2, 0.25) is 25.7 Å². The van der Waals surface area contributed by atoms with Crippen LogP contribution >= 0.6 is 15.9 Å². The van der Waals surface area contributed by atoms with E-state index in [4.69, 9.17) is 9.47 Å². The Kier molecular flexibility index (Phi) is 12.6. The molecule has 3 amide bonds. The molecule has 0 radical (unpaired) electrons. The average molecular weight is 587 g/mol. The van der Waals surface area contributed by atoms with Crippen LogP contribution in [-0.2, 0) is 24.4 Å². The first kappa shape index (κ1) is 32.1. The molecular formula is C26H44BrN3O5Si. The number of rotatable bonds is 12. The lowest BCUT2D eigenvalue weighted by molar-refractivity contribution is -0.129. The van der Waals surface area contributed by atoms with E-state index in [0.717, 1.165) is 11.6 Å². The van der Waals surface area contributed by atoms with Gasteiger partial charge in [0.25, 0.3) is 5.91 Å². The maximum Gasteiger partial charge on any atom is 0.408 e. The summed E-state index contributed by atoms with van der Waals surface area (Å²) < 4.78 is 11.2. The number of benzene rings is 1. The van der Waals surface area contributed by atoms with E-state index in [-0.39, 0.29) is 18.6 Å². The minimum atomic E-state index is -1.28. The summed E-state index contributed by atoms with van der Waals surface area (Å²) >= 11 is 3.44. The third-order valence-electron chi connectivity index (χ3n) is 5.24. The van der Waals surface area contributed by atoms with Crippen LogP contribution in [-0.4, -0.2) is 57.0 Å². The highest BCUT2D eigenvalue weighted by Crippen LogP contribution is 2.19. The summed E-state index contributed by atoms with van der Waals surface area (Å²) in [6.45, 7) is 18.0. The van der Waals surface area contributed by atoms with Crippen LogP contribution in [0.1, 0.15) is 47.1 Å². The van der Waals surface area contributed by atoms with Crippen molar-refractivity contribution in [3.05, 3.63) is 29.8 Å². The van der Waals surface area contributed by atoms with Crippen molar-refractivity contribution in [1.29, 1.82) is 0 Å². The molecule has 1 rings (SSSR count). The molecule has 0 aliphatic heterocycles. The quantitative estimate of drug-likeness (QED) is 0.150. The largest absolute Gasteiger partial charge is 0.444 e. The zero-order chi connectivity index (χ0) is 27.7. The van der Waals surface area contributed by atoms with Gasteiger partial charge in [-0.25, -0.2) is 4.79 Å². The Morgan fingerprint density at radius 2 is 1.61 bits per heavy atom. The molecule has 0 heterocycles. The fourth-order valence-corrected chi connectivity index (χ4v) is 4.26. The van der Waals surface area contributed by atoms with E-state index in [0.29, 0.717) is 17.6 Å². The number of hydrogen-bond donors (Lipinski definition) is 2. The average Bonchev–Trinajstić information content (AvgIpc) is 2.75. The number of ether oxygens (including phenoxy) is 2. The monoisotopic (exact) mass is 585 g/mol. The van der Waals surface area contributed by atoms with Gasteiger partial charge < -0.3 is 20.1 Å². The first-order valence-electron chi connectivity index (χ1n) is 12.4. The minimum absolute atomic E-state index is 0.0843. The number of anilines is 1. The Hall–Kier alpha value is -1.91. The minimum Gasteiger partial charge on any atom is -0.444 e. The second-order valence-electron chi connectivity index (χ2n) is 11.5. The lowest BCUT2D eigenvalue weighted by Crippen LogP contribution is -2.55. The van der Waals surface area contributed by atoms with Gasteiger partial charge >= 0.3 is 6.09 Å². The summed E-state index contributed by atoms with van der Waals surface area (Å²) in [5.41, 5.74) is 1.08. The number of amides is 3. The number of carbonyl (C=O) groups excluding carboxylic acids is 3. The van der Waals surface area contributed by atoms with Gasteiger partial charge in [0.2, 0.25) is 5.91 Å². The van der Waals surface area contributed by atoms with Gasteiger partial charge in [0, 0.05) is 25.7 Å². The Labute approximate surface area is 226 Å². The van der Waals surface area contributed by atoms with Gasteiger partial charge in [-0.15, -0.1) is 0 Å². The van der Waals surface area contributed by atoms with Crippen LogP contribution in [0.15, 0.2) is 24.3 Å². The van der Waals surface area contributed by atoms with Crippen LogP contribution < -0.4 is 15.5 Å². The van der Waals surface area contributed by atoms with Crippen LogP contribution in [0.3, 0.4) is 0 Å².